The third-order valence-corrected chi connectivity index (χ3v) is 2.60. The van der Waals surface area contributed by atoms with Crippen LogP contribution in [0, 0.1) is 11.6 Å². The molecule has 6 nitrogen and oxygen atoms in total. The maximum absolute atomic E-state index is 13.4. The fourth-order valence-electron chi connectivity index (χ4n) is 1.53. The van der Waals surface area contributed by atoms with Crippen molar-refractivity contribution in [2.24, 2.45) is 0 Å². The summed E-state index contributed by atoms with van der Waals surface area (Å²) in [5.74, 6) is -4.74. The van der Waals surface area contributed by atoms with Crippen molar-refractivity contribution < 1.29 is 33.0 Å². The Kier molecular flexibility index (Phi) is 5.77. The summed E-state index contributed by atoms with van der Waals surface area (Å²) in [6, 6.07) is 1.20. The molecular formula is C13H13F2NO5. The molecule has 0 aromatic heterocycles. The zero-order chi connectivity index (χ0) is 16.0. The summed E-state index contributed by atoms with van der Waals surface area (Å²) < 4.78 is 30.4. The van der Waals surface area contributed by atoms with E-state index in [1.807, 2.05) is 0 Å². The van der Waals surface area contributed by atoms with E-state index in [4.69, 9.17) is 5.11 Å². The number of methoxy groups -OCH3 is 1. The number of nitrogens with one attached hydrogen (secondary N) is 1. The van der Waals surface area contributed by atoms with Gasteiger partial charge in [-0.25, -0.2) is 13.6 Å². The lowest BCUT2D eigenvalue weighted by molar-refractivity contribution is -0.148. The lowest BCUT2D eigenvalue weighted by Crippen LogP contribution is -2.43. The summed E-state index contributed by atoms with van der Waals surface area (Å²) >= 11 is 0. The molecule has 0 saturated carbocycles. The van der Waals surface area contributed by atoms with Gasteiger partial charge in [0.15, 0.2) is 0 Å². The summed E-state index contributed by atoms with van der Waals surface area (Å²) in [4.78, 5) is 33.6. The lowest BCUT2D eigenvalue weighted by Gasteiger charge is -2.13. The minimum atomic E-state index is -1.48. The molecule has 0 fully saturated rings. The highest BCUT2D eigenvalue weighted by Crippen LogP contribution is 2.10. The zero-order valence-corrected chi connectivity index (χ0v) is 11.1. The quantitative estimate of drug-likeness (QED) is 0.752. The van der Waals surface area contributed by atoms with E-state index in [1.165, 1.54) is 0 Å². The number of hydrogen-bond acceptors (Lipinski definition) is 4. The van der Waals surface area contributed by atoms with Crippen molar-refractivity contribution >= 4 is 17.8 Å². The number of hydrogen-bond donors (Lipinski definition) is 2. The van der Waals surface area contributed by atoms with Crippen LogP contribution < -0.4 is 5.32 Å². The van der Waals surface area contributed by atoms with Gasteiger partial charge < -0.3 is 15.2 Å². The van der Waals surface area contributed by atoms with E-state index in [-0.39, 0.29) is 5.56 Å². The molecule has 0 saturated heterocycles. The minimum Gasteiger partial charge on any atom is -0.480 e. The Bertz CT molecular complexity index is 561. The molecule has 1 rings (SSSR count). The second-order valence-electron chi connectivity index (χ2n) is 4.15. The monoisotopic (exact) mass is 301 g/mol. The van der Waals surface area contributed by atoms with Crippen LogP contribution in [0.2, 0.25) is 0 Å². The maximum Gasteiger partial charge on any atom is 0.326 e. The molecule has 1 atom stereocenters. The Morgan fingerprint density at radius 2 is 2.00 bits per heavy atom. The first-order chi connectivity index (χ1) is 9.83. The fourth-order valence-corrected chi connectivity index (χ4v) is 1.53. The van der Waals surface area contributed by atoms with Crippen LogP contribution in [0.1, 0.15) is 12.0 Å². The molecule has 0 aliphatic rings. The number of carbonyl (C=O) groups is 3. The van der Waals surface area contributed by atoms with E-state index >= 15 is 0 Å². The molecule has 1 aromatic rings. The number of halogens is 2. The Hall–Kier alpha value is -2.51. The highest BCUT2D eigenvalue weighted by atomic mass is 19.1. The lowest BCUT2D eigenvalue weighted by atomic mass is 10.1. The first kappa shape index (κ1) is 16.5. The minimum absolute atomic E-state index is 0.0869. The van der Waals surface area contributed by atoms with E-state index < -0.39 is 48.4 Å². The van der Waals surface area contributed by atoms with Crippen molar-refractivity contribution in [3.63, 3.8) is 0 Å². The number of esters is 1. The molecule has 0 aliphatic heterocycles. The van der Waals surface area contributed by atoms with Crippen molar-refractivity contribution in [2.75, 3.05) is 7.11 Å². The van der Waals surface area contributed by atoms with Gasteiger partial charge in [-0.3, -0.25) is 9.59 Å². The van der Waals surface area contributed by atoms with E-state index in [0.29, 0.717) is 6.07 Å². The summed E-state index contributed by atoms with van der Waals surface area (Å²) in [5.41, 5.74) is -0.0869. The standard InChI is InChI=1S/C13H13F2NO5/c1-21-12(18)6-10(13(19)20)16-11(17)4-7-2-3-8(14)5-9(7)15/h2-3,5,10H,4,6H2,1H3,(H,16,17)(H,19,20)/t10-/m0/s1. The molecule has 0 heterocycles. The molecule has 0 unspecified atom stereocenters. The van der Waals surface area contributed by atoms with Crippen LogP contribution in [0.3, 0.4) is 0 Å². The predicted octanol–water partition coefficient (Wildman–Crippen LogP) is 0.640. The number of carboxylic acids is 1. The molecule has 2 N–H and O–H groups in total. The first-order valence-corrected chi connectivity index (χ1v) is 5.86. The van der Waals surface area contributed by atoms with Crippen LogP contribution in [0.4, 0.5) is 8.78 Å². The van der Waals surface area contributed by atoms with Gasteiger partial charge in [-0.05, 0) is 11.6 Å². The third kappa shape index (κ3) is 5.17. The maximum atomic E-state index is 13.4. The van der Waals surface area contributed by atoms with Gasteiger partial charge in [0.25, 0.3) is 0 Å². The Morgan fingerprint density at radius 1 is 1.33 bits per heavy atom. The molecule has 0 radical (unpaired) electrons. The molecule has 1 amide bonds. The number of benzene rings is 1. The highest BCUT2D eigenvalue weighted by Gasteiger charge is 2.24. The number of carbonyl (C=O) groups excluding carboxylic acids is 2. The second kappa shape index (κ2) is 7.32. The van der Waals surface area contributed by atoms with Crippen LogP contribution >= 0.6 is 0 Å². The average molecular weight is 301 g/mol. The molecule has 0 aliphatic carbocycles. The summed E-state index contributed by atoms with van der Waals surface area (Å²) in [6.07, 6.45) is -1.03. The zero-order valence-electron chi connectivity index (χ0n) is 11.1. The molecule has 114 valence electrons. The Labute approximate surface area is 118 Å². The average Bonchev–Trinajstić information content (AvgIpc) is 2.40. The first-order valence-electron chi connectivity index (χ1n) is 5.86. The second-order valence-corrected chi connectivity index (χ2v) is 4.15. The van der Waals surface area contributed by atoms with Gasteiger partial charge in [0, 0.05) is 6.07 Å². The Balaban J connectivity index is 2.69. The van der Waals surface area contributed by atoms with E-state index in [0.717, 1.165) is 19.2 Å². The largest absolute Gasteiger partial charge is 0.480 e. The van der Waals surface area contributed by atoms with Crippen LogP contribution in [0.5, 0.6) is 0 Å². The van der Waals surface area contributed by atoms with Gasteiger partial charge in [0.2, 0.25) is 5.91 Å². The highest BCUT2D eigenvalue weighted by molar-refractivity contribution is 5.88. The molecule has 21 heavy (non-hydrogen) atoms. The third-order valence-electron chi connectivity index (χ3n) is 2.60. The van der Waals surface area contributed by atoms with Gasteiger partial charge in [-0.2, -0.15) is 0 Å². The van der Waals surface area contributed by atoms with Crippen LogP contribution in [-0.4, -0.2) is 36.1 Å². The molecule has 0 bridgehead atoms. The summed E-state index contributed by atoms with van der Waals surface area (Å²) in [6.45, 7) is 0. The van der Waals surface area contributed by atoms with Gasteiger partial charge in [-0.1, -0.05) is 6.07 Å². The number of aliphatic carboxylic acids is 1. The van der Waals surface area contributed by atoms with Gasteiger partial charge in [0.05, 0.1) is 20.0 Å². The summed E-state index contributed by atoms with van der Waals surface area (Å²) in [7, 11) is 1.08. The van der Waals surface area contributed by atoms with Crippen LogP contribution in [0.15, 0.2) is 18.2 Å². The fraction of sp³-hybridized carbons (Fsp3) is 0.308. The van der Waals surface area contributed by atoms with Crippen molar-refractivity contribution in [1.82, 2.24) is 5.32 Å². The van der Waals surface area contributed by atoms with E-state index in [1.54, 1.807) is 0 Å². The Morgan fingerprint density at radius 3 is 2.52 bits per heavy atom. The predicted molar refractivity (Wildman–Crippen MR) is 66.3 cm³/mol. The van der Waals surface area contributed by atoms with Gasteiger partial charge >= 0.3 is 11.9 Å². The number of carboxylic acid groups (broad SMARTS) is 1. The molecule has 0 spiro atoms. The SMILES string of the molecule is COC(=O)C[C@H](NC(=O)Cc1ccc(F)cc1F)C(=O)O. The van der Waals surface area contributed by atoms with Crippen molar-refractivity contribution in [1.29, 1.82) is 0 Å². The van der Waals surface area contributed by atoms with Crippen molar-refractivity contribution in [3.05, 3.63) is 35.4 Å². The summed E-state index contributed by atoms with van der Waals surface area (Å²) in [5, 5.41) is 10.9. The van der Waals surface area contributed by atoms with E-state index in [9.17, 15) is 23.2 Å². The number of ether oxygens (including phenoxy) is 1. The van der Waals surface area contributed by atoms with Crippen LogP contribution in [0.25, 0.3) is 0 Å². The van der Waals surface area contributed by atoms with E-state index in [2.05, 4.69) is 10.1 Å². The van der Waals surface area contributed by atoms with Crippen molar-refractivity contribution in [2.45, 2.75) is 18.9 Å². The van der Waals surface area contributed by atoms with Gasteiger partial charge in [0.1, 0.15) is 17.7 Å². The van der Waals surface area contributed by atoms with Crippen molar-refractivity contribution in [3.8, 4) is 0 Å². The van der Waals surface area contributed by atoms with Crippen LogP contribution in [-0.2, 0) is 25.5 Å². The number of rotatable bonds is 6. The number of amides is 1. The topological polar surface area (TPSA) is 92.7 Å². The normalized spacial score (nSPS) is 11.6. The molecular weight excluding hydrogens is 288 g/mol. The molecule has 8 heteroatoms. The van der Waals surface area contributed by atoms with Gasteiger partial charge in [-0.15, -0.1) is 0 Å². The smallest absolute Gasteiger partial charge is 0.326 e. The molecule has 1 aromatic carbocycles.